The number of hydrogen-bond acceptors (Lipinski definition) is 2. The Hall–Kier alpha value is -2.62. The predicted octanol–water partition coefficient (Wildman–Crippen LogP) is 4.30. The molecule has 0 aliphatic carbocycles. The number of amides is 2. The van der Waals surface area contributed by atoms with Gasteiger partial charge < -0.3 is 10.2 Å². The zero-order valence-electron chi connectivity index (χ0n) is 18.4. The SMILES string of the molecule is CC[C@H](C(=O)NC(C)(C)C)N(CCc1ccccc1)C(=O)Cc1ccc(C)cc1. The van der Waals surface area contributed by atoms with Crippen molar-refractivity contribution in [1.29, 1.82) is 0 Å². The molecule has 0 radical (unpaired) electrons. The van der Waals surface area contributed by atoms with E-state index in [-0.39, 0.29) is 17.4 Å². The highest BCUT2D eigenvalue weighted by Crippen LogP contribution is 2.14. The Morgan fingerprint density at radius 3 is 2.14 bits per heavy atom. The molecule has 1 N–H and O–H groups in total. The molecule has 4 heteroatoms. The zero-order chi connectivity index (χ0) is 21.4. The lowest BCUT2D eigenvalue weighted by molar-refractivity contribution is -0.140. The van der Waals surface area contributed by atoms with Crippen molar-refractivity contribution < 1.29 is 9.59 Å². The van der Waals surface area contributed by atoms with Gasteiger partial charge in [0.25, 0.3) is 0 Å². The van der Waals surface area contributed by atoms with Gasteiger partial charge in [-0.15, -0.1) is 0 Å². The lowest BCUT2D eigenvalue weighted by atomic mass is 10.0. The molecule has 2 amide bonds. The third-order valence-corrected chi connectivity index (χ3v) is 4.84. The molecule has 29 heavy (non-hydrogen) atoms. The topological polar surface area (TPSA) is 49.4 Å². The summed E-state index contributed by atoms with van der Waals surface area (Å²) in [6.45, 7) is 10.4. The van der Waals surface area contributed by atoms with E-state index < -0.39 is 6.04 Å². The van der Waals surface area contributed by atoms with E-state index in [9.17, 15) is 9.59 Å². The van der Waals surface area contributed by atoms with Crippen LogP contribution in [0, 0.1) is 6.92 Å². The van der Waals surface area contributed by atoms with Gasteiger partial charge in [-0.2, -0.15) is 0 Å². The number of rotatable bonds is 8. The van der Waals surface area contributed by atoms with Crippen molar-refractivity contribution in [2.24, 2.45) is 0 Å². The summed E-state index contributed by atoms with van der Waals surface area (Å²) in [6.07, 6.45) is 1.60. The van der Waals surface area contributed by atoms with Crippen LogP contribution >= 0.6 is 0 Å². The van der Waals surface area contributed by atoms with Crippen molar-refractivity contribution in [1.82, 2.24) is 10.2 Å². The fourth-order valence-electron chi connectivity index (χ4n) is 3.33. The van der Waals surface area contributed by atoms with Crippen LogP contribution in [0.1, 0.15) is 50.8 Å². The Morgan fingerprint density at radius 1 is 0.966 bits per heavy atom. The van der Waals surface area contributed by atoms with Gasteiger partial charge in [0, 0.05) is 12.1 Å². The smallest absolute Gasteiger partial charge is 0.243 e. The third-order valence-electron chi connectivity index (χ3n) is 4.84. The first-order chi connectivity index (χ1) is 13.7. The number of carbonyl (C=O) groups is 2. The molecule has 2 aromatic rings. The standard InChI is InChI=1S/C25H34N2O2/c1-6-22(24(29)26-25(3,4)5)27(17-16-20-10-8-7-9-11-20)23(28)18-21-14-12-19(2)13-15-21/h7-15,22H,6,16-18H2,1-5H3,(H,26,29)/t22-/m1/s1. The Balaban J connectivity index is 2.21. The number of hydrogen-bond donors (Lipinski definition) is 1. The maximum atomic E-state index is 13.2. The van der Waals surface area contributed by atoms with Crippen molar-refractivity contribution in [2.75, 3.05) is 6.54 Å². The van der Waals surface area contributed by atoms with Crippen LogP contribution in [0.4, 0.5) is 0 Å². The largest absolute Gasteiger partial charge is 0.350 e. The van der Waals surface area contributed by atoms with E-state index in [0.717, 1.165) is 23.1 Å². The van der Waals surface area contributed by atoms with Gasteiger partial charge in [0.05, 0.1) is 6.42 Å². The Labute approximate surface area is 175 Å². The van der Waals surface area contributed by atoms with E-state index in [2.05, 4.69) is 17.4 Å². The van der Waals surface area contributed by atoms with Gasteiger partial charge in [0.2, 0.25) is 11.8 Å². The van der Waals surface area contributed by atoms with Crippen molar-refractivity contribution in [3.63, 3.8) is 0 Å². The quantitative estimate of drug-likeness (QED) is 0.726. The zero-order valence-corrected chi connectivity index (χ0v) is 18.4. The highest BCUT2D eigenvalue weighted by Gasteiger charge is 2.30. The molecule has 0 aromatic heterocycles. The minimum absolute atomic E-state index is 0.0132. The highest BCUT2D eigenvalue weighted by atomic mass is 16.2. The van der Waals surface area contributed by atoms with Gasteiger partial charge in [0.1, 0.15) is 6.04 Å². The predicted molar refractivity (Wildman–Crippen MR) is 119 cm³/mol. The maximum Gasteiger partial charge on any atom is 0.243 e. The summed E-state index contributed by atoms with van der Waals surface area (Å²) >= 11 is 0. The average molecular weight is 395 g/mol. The van der Waals surface area contributed by atoms with Crippen LogP contribution in [0.3, 0.4) is 0 Å². The summed E-state index contributed by atoms with van der Waals surface area (Å²) in [6, 6.07) is 17.6. The monoisotopic (exact) mass is 394 g/mol. The van der Waals surface area contributed by atoms with Crippen molar-refractivity contribution >= 4 is 11.8 Å². The summed E-state index contributed by atoms with van der Waals surface area (Å²) in [5, 5.41) is 3.04. The molecule has 0 aliphatic heterocycles. The molecule has 156 valence electrons. The maximum absolute atomic E-state index is 13.2. The van der Waals surface area contributed by atoms with Crippen LogP contribution < -0.4 is 5.32 Å². The molecule has 0 aliphatic rings. The average Bonchev–Trinajstić information content (AvgIpc) is 2.66. The van der Waals surface area contributed by atoms with E-state index in [1.807, 2.05) is 77.1 Å². The van der Waals surface area contributed by atoms with Gasteiger partial charge >= 0.3 is 0 Å². The van der Waals surface area contributed by atoms with Gasteiger partial charge in [-0.3, -0.25) is 9.59 Å². The number of benzene rings is 2. The molecule has 0 saturated carbocycles. The van der Waals surface area contributed by atoms with E-state index >= 15 is 0 Å². The number of aryl methyl sites for hydroxylation is 1. The van der Waals surface area contributed by atoms with Crippen LogP contribution in [0.15, 0.2) is 54.6 Å². The summed E-state index contributed by atoms with van der Waals surface area (Å²) < 4.78 is 0. The summed E-state index contributed by atoms with van der Waals surface area (Å²) in [5.74, 6) is -0.106. The Morgan fingerprint density at radius 2 is 1.59 bits per heavy atom. The molecule has 0 unspecified atom stereocenters. The Kier molecular flexibility index (Phi) is 8.00. The van der Waals surface area contributed by atoms with Crippen LogP contribution in [0.2, 0.25) is 0 Å². The molecule has 0 saturated heterocycles. The lowest BCUT2D eigenvalue weighted by Crippen LogP contribution is -2.54. The molecule has 1 atom stereocenters. The first-order valence-corrected chi connectivity index (χ1v) is 10.4. The molecule has 0 fully saturated rings. The first kappa shape index (κ1) is 22.7. The van der Waals surface area contributed by atoms with Crippen LogP contribution in [0.25, 0.3) is 0 Å². The molecule has 2 aromatic carbocycles. The van der Waals surface area contributed by atoms with E-state index in [4.69, 9.17) is 0 Å². The van der Waals surface area contributed by atoms with Crippen molar-refractivity contribution in [3.05, 3.63) is 71.3 Å². The summed E-state index contributed by atoms with van der Waals surface area (Å²) in [5.41, 5.74) is 2.96. The molecule has 2 rings (SSSR count). The second-order valence-corrected chi connectivity index (χ2v) is 8.65. The molecule has 0 heterocycles. The molecule has 4 nitrogen and oxygen atoms in total. The lowest BCUT2D eigenvalue weighted by Gasteiger charge is -2.33. The fourth-order valence-corrected chi connectivity index (χ4v) is 3.33. The second-order valence-electron chi connectivity index (χ2n) is 8.65. The van der Waals surface area contributed by atoms with E-state index in [1.54, 1.807) is 4.90 Å². The summed E-state index contributed by atoms with van der Waals surface area (Å²) in [4.78, 5) is 27.9. The normalized spacial score (nSPS) is 12.3. The minimum Gasteiger partial charge on any atom is -0.350 e. The van der Waals surface area contributed by atoms with Gasteiger partial charge in [-0.05, 0) is 51.7 Å². The molecular formula is C25H34N2O2. The highest BCUT2D eigenvalue weighted by molar-refractivity contribution is 5.88. The van der Waals surface area contributed by atoms with Crippen LogP contribution in [-0.2, 0) is 22.4 Å². The van der Waals surface area contributed by atoms with Gasteiger partial charge in [0.15, 0.2) is 0 Å². The number of nitrogens with zero attached hydrogens (tertiary/aromatic N) is 1. The second kappa shape index (κ2) is 10.2. The van der Waals surface area contributed by atoms with Crippen molar-refractivity contribution in [3.8, 4) is 0 Å². The van der Waals surface area contributed by atoms with Gasteiger partial charge in [-0.25, -0.2) is 0 Å². The number of carbonyl (C=O) groups excluding carboxylic acids is 2. The summed E-state index contributed by atoms with van der Waals surface area (Å²) in [7, 11) is 0. The number of nitrogens with one attached hydrogen (secondary N) is 1. The first-order valence-electron chi connectivity index (χ1n) is 10.4. The van der Waals surface area contributed by atoms with Gasteiger partial charge in [-0.1, -0.05) is 67.1 Å². The van der Waals surface area contributed by atoms with E-state index in [1.165, 1.54) is 0 Å². The van der Waals surface area contributed by atoms with Crippen molar-refractivity contribution in [2.45, 2.75) is 65.5 Å². The van der Waals surface area contributed by atoms with Crippen LogP contribution in [-0.4, -0.2) is 34.8 Å². The molecule has 0 spiro atoms. The van der Waals surface area contributed by atoms with Crippen LogP contribution in [0.5, 0.6) is 0 Å². The Bertz CT molecular complexity index is 792. The molecular weight excluding hydrogens is 360 g/mol. The third kappa shape index (κ3) is 7.37. The van der Waals surface area contributed by atoms with E-state index in [0.29, 0.717) is 19.4 Å². The minimum atomic E-state index is -0.476. The fraction of sp³-hybridized carbons (Fsp3) is 0.440. The molecule has 0 bridgehead atoms.